The number of hydrogen-bond acceptors (Lipinski definition) is 2. The van der Waals surface area contributed by atoms with Crippen LogP contribution in [0.15, 0.2) is 54.6 Å². The highest BCUT2D eigenvalue weighted by atomic mass is 16.2. The molecule has 2 aromatic rings. The summed E-state index contributed by atoms with van der Waals surface area (Å²) in [5.74, 6) is 0.0585. The van der Waals surface area contributed by atoms with Crippen molar-refractivity contribution in [3.05, 3.63) is 65.7 Å². The predicted octanol–water partition coefficient (Wildman–Crippen LogP) is 3.56. The average Bonchev–Trinajstić information content (AvgIpc) is 2.59. The van der Waals surface area contributed by atoms with Gasteiger partial charge in [-0.3, -0.25) is 4.79 Å². The topological polar surface area (TPSA) is 32.3 Å². The molecule has 2 aromatic carbocycles. The van der Waals surface area contributed by atoms with Crippen LogP contribution in [0.2, 0.25) is 0 Å². The molecule has 0 heterocycles. The van der Waals surface area contributed by atoms with Crippen LogP contribution < -0.4 is 10.2 Å². The van der Waals surface area contributed by atoms with Crippen molar-refractivity contribution in [2.75, 3.05) is 18.5 Å². The Kier molecular flexibility index (Phi) is 5.73. The molecule has 2 rings (SSSR count). The largest absolute Gasteiger partial charge is 0.314 e. The first-order valence-electron chi connectivity index (χ1n) is 7.75. The third-order valence-electron chi connectivity index (χ3n) is 3.97. The van der Waals surface area contributed by atoms with Gasteiger partial charge in [-0.2, -0.15) is 0 Å². The molecule has 1 N–H and O–H groups in total. The van der Waals surface area contributed by atoms with Gasteiger partial charge >= 0.3 is 0 Å². The fourth-order valence-electron chi connectivity index (χ4n) is 2.31. The molecule has 1 unspecified atom stereocenters. The zero-order valence-corrected chi connectivity index (χ0v) is 13.5. The van der Waals surface area contributed by atoms with Crippen molar-refractivity contribution in [2.45, 2.75) is 26.3 Å². The van der Waals surface area contributed by atoms with E-state index in [1.165, 1.54) is 11.1 Å². The van der Waals surface area contributed by atoms with Crippen molar-refractivity contribution in [3.8, 4) is 0 Å². The summed E-state index contributed by atoms with van der Waals surface area (Å²) in [4.78, 5) is 13.9. The number of para-hydroxylation sites is 1. The minimum absolute atomic E-state index is 0.0585. The van der Waals surface area contributed by atoms with Gasteiger partial charge in [0.2, 0.25) is 5.91 Å². The molecule has 0 fully saturated rings. The predicted molar refractivity (Wildman–Crippen MR) is 92.1 cm³/mol. The van der Waals surface area contributed by atoms with E-state index in [2.05, 4.69) is 43.4 Å². The highest BCUT2D eigenvalue weighted by Crippen LogP contribution is 2.14. The fraction of sp³-hybridized carbons (Fsp3) is 0.316. The second-order valence-electron chi connectivity index (χ2n) is 5.49. The van der Waals surface area contributed by atoms with Gasteiger partial charge in [0.15, 0.2) is 0 Å². The van der Waals surface area contributed by atoms with E-state index in [0.29, 0.717) is 6.54 Å². The van der Waals surface area contributed by atoms with Crippen molar-refractivity contribution in [1.82, 2.24) is 5.32 Å². The Morgan fingerprint density at radius 2 is 1.73 bits per heavy atom. The first-order chi connectivity index (χ1) is 10.6. The van der Waals surface area contributed by atoms with Crippen molar-refractivity contribution < 1.29 is 4.79 Å². The van der Waals surface area contributed by atoms with Gasteiger partial charge in [0.1, 0.15) is 0 Å². The van der Waals surface area contributed by atoms with E-state index in [-0.39, 0.29) is 11.9 Å². The van der Waals surface area contributed by atoms with E-state index < -0.39 is 0 Å². The van der Waals surface area contributed by atoms with Gasteiger partial charge < -0.3 is 10.2 Å². The van der Waals surface area contributed by atoms with Crippen molar-refractivity contribution >= 4 is 11.6 Å². The Morgan fingerprint density at radius 1 is 1.09 bits per heavy atom. The summed E-state index contributed by atoms with van der Waals surface area (Å²) in [7, 11) is 1.81. The maximum atomic E-state index is 12.2. The Labute approximate surface area is 133 Å². The minimum atomic E-state index is 0.0585. The molecule has 116 valence electrons. The fourth-order valence-corrected chi connectivity index (χ4v) is 2.31. The zero-order chi connectivity index (χ0) is 15.9. The van der Waals surface area contributed by atoms with Crippen LogP contribution in [-0.2, 0) is 11.2 Å². The lowest BCUT2D eigenvalue weighted by Gasteiger charge is -2.20. The Bertz CT molecular complexity index is 593. The van der Waals surface area contributed by atoms with Crippen LogP contribution in [0.4, 0.5) is 5.69 Å². The third-order valence-corrected chi connectivity index (χ3v) is 3.97. The zero-order valence-electron chi connectivity index (χ0n) is 13.5. The molecule has 22 heavy (non-hydrogen) atoms. The number of carbonyl (C=O) groups excluding carboxylic acids is 1. The number of carbonyl (C=O) groups is 1. The smallest absolute Gasteiger partial charge is 0.240 e. The number of aryl methyl sites for hydroxylation is 1. The number of hydrogen-bond donors (Lipinski definition) is 1. The molecule has 0 radical (unpaired) electrons. The quantitative estimate of drug-likeness (QED) is 0.884. The van der Waals surface area contributed by atoms with Gasteiger partial charge in [0.05, 0.1) is 6.54 Å². The van der Waals surface area contributed by atoms with Crippen LogP contribution in [-0.4, -0.2) is 19.5 Å². The second kappa shape index (κ2) is 7.76. The normalized spacial score (nSPS) is 12.0. The molecule has 0 saturated heterocycles. The molecular formula is C19H24N2O. The Balaban J connectivity index is 1.89. The van der Waals surface area contributed by atoms with Crippen molar-refractivity contribution in [3.63, 3.8) is 0 Å². The summed E-state index contributed by atoms with van der Waals surface area (Å²) in [6.45, 7) is 4.55. The number of amides is 1. The summed E-state index contributed by atoms with van der Waals surface area (Å²) >= 11 is 0. The van der Waals surface area contributed by atoms with Crippen LogP contribution in [0, 0.1) is 0 Å². The van der Waals surface area contributed by atoms with E-state index in [1.807, 2.05) is 30.3 Å². The van der Waals surface area contributed by atoms with E-state index in [1.54, 1.807) is 11.9 Å². The summed E-state index contributed by atoms with van der Waals surface area (Å²) < 4.78 is 0. The number of benzene rings is 2. The van der Waals surface area contributed by atoms with Gasteiger partial charge in [-0.25, -0.2) is 0 Å². The van der Waals surface area contributed by atoms with Gasteiger partial charge in [0.25, 0.3) is 0 Å². The van der Waals surface area contributed by atoms with Gasteiger partial charge in [0, 0.05) is 18.8 Å². The number of nitrogens with zero attached hydrogens (tertiary/aromatic N) is 1. The van der Waals surface area contributed by atoms with Crippen molar-refractivity contribution in [1.29, 1.82) is 0 Å². The molecule has 0 aromatic heterocycles. The Morgan fingerprint density at radius 3 is 2.32 bits per heavy atom. The molecule has 3 heteroatoms. The number of anilines is 1. The van der Waals surface area contributed by atoms with Crippen LogP contribution >= 0.6 is 0 Å². The molecule has 3 nitrogen and oxygen atoms in total. The molecule has 0 aliphatic rings. The van der Waals surface area contributed by atoms with Gasteiger partial charge in [-0.15, -0.1) is 0 Å². The van der Waals surface area contributed by atoms with E-state index in [9.17, 15) is 4.79 Å². The summed E-state index contributed by atoms with van der Waals surface area (Å²) in [6, 6.07) is 18.4. The summed E-state index contributed by atoms with van der Waals surface area (Å²) in [6.07, 6.45) is 1.04. The lowest BCUT2D eigenvalue weighted by Crippen LogP contribution is -2.36. The highest BCUT2D eigenvalue weighted by Gasteiger charge is 2.12. The van der Waals surface area contributed by atoms with Crippen LogP contribution in [0.3, 0.4) is 0 Å². The van der Waals surface area contributed by atoms with E-state index in [0.717, 1.165) is 12.1 Å². The monoisotopic (exact) mass is 296 g/mol. The molecule has 1 atom stereocenters. The summed E-state index contributed by atoms with van der Waals surface area (Å²) in [5, 5.41) is 3.30. The first-order valence-corrected chi connectivity index (χ1v) is 7.75. The number of nitrogens with one attached hydrogen (secondary N) is 1. The van der Waals surface area contributed by atoms with Crippen molar-refractivity contribution in [2.24, 2.45) is 0 Å². The molecular weight excluding hydrogens is 272 g/mol. The molecule has 0 spiro atoms. The number of rotatable bonds is 6. The lowest BCUT2D eigenvalue weighted by atomic mass is 10.1. The Hall–Kier alpha value is -2.13. The maximum absolute atomic E-state index is 12.2. The number of likely N-dealkylation sites (N-methyl/N-ethyl adjacent to an activating group) is 1. The lowest BCUT2D eigenvalue weighted by molar-refractivity contribution is -0.117. The van der Waals surface area contributed by atoms with Crippen LogP contribution in [0.1, 0.15) is 31.0 Å². The molecule has 0 aliphatic heterocycles. The first kappa shape index (κ1) is 16.2. The van der Waals surface area contributed by atoms with Crippen LogP contribution in [0.25, 0.3) is 0 Å². The third kappa shape index (κ3) is 4.18. The van der Waals surface area contributed by atoms with E-state index in [4.69, 9.17) is 0 Å². The molecule has 0 bridgehead atoms. The molecule has 0 aliphatic carbocycles. The highest BCUT2D eigenvalue weighted by molar-refractivity contribution is 5.94. The standard InChI is InChI=1S/C19H24N2O/c1-4-16-10-12-17(13-11-16)15(2)20-14-19(22)21(3)18-8-6-5-7-9-18/h5-13,15,20H,4,14H2,1-3H3. The second-order valence-corrected chi connectivity index (χ2v) is 5.49. The summed E-state index contributed by atoms with van der Waals surface area (Å²) in [5.41, 5.74) is 3.44. The molecule has 0 saturated carbocycles. The maximum Gasteiger partial charge on any atom is 0.240 e. The van der Waals surface area contributed by atoms with E-state index >= 15 is 0 Å². The average molecular weight is 296 g/mol. The molecule has 1 amide bonds. The minimum Gasteiger partial charge on any atom is -0.314 e. The van der Waals surface area contributed by atoms with Gasteiger partial charge in [-0.05, 0) is 36.6 Å². The van der Waals surface area contributed by atoms with Gasteiger partial charge in [-0.1, -0.05) is 49.4 Å². The SMILES string of the molecule is CCc1ccc(C(C)NCC(=O)N(C)c2ccccc2)cc1. The van der Waals surface area contributed by atoms with Crippen LogP contribution in [0.5, 0.6) is 0 Å².